The number of imide groups is 1. The van der Waals surface area contributed by atoms with Crippen LogP contribution in [0.25, 0.3) is 0 Å². The molecule has 0 bridgehead atoms. The molecule has 2 heterocycles. The Hall–Kier alpha value is -2.02. The third kappa shape index (κ3) is 4.15. The third-order valence-electron chi connectivity index (χ3n) is 5.06. The molecule has 136 valence electrons. The molecule has 3 rings (SSSR count). The van der Waals surface area contributed by atoms with E-state index in [4.69, 9.17) is 4.74 Å². The van der Waals surface area contributed by atoms with Crippen LogP contribution in [0.1, 0.15) is 42.5 Å². The highest BCUT2D eigenvalue weighted by molar-refractivity contribution is 6.03. The SMILES string of the molecule is O=C(NC(=O)c1c(F)cccc1F)OC[C@H]1CCCN2CCCC[C@H]12. The number of carbonyl (C=O) groups is 2. The van der Waals surface area contributed by atoms with Crippen LogP contribution in [0.5, 0.6) is 0 Å². The number of hydrogen-bond donors (Lipinski definition) is 1. The van der Waals surface area contributed by atoms with Crippen LogP contribution in [0.15, 0.2) is 18.2 Å². The number of rotatable bonds is 3. The van der Waals surface area contributed by atoms with Gasteiger partial charge in [0.15, 0.2) is 0 Å². The van der Waals surface area contributed by atoms with E-state index in [2.05, 4.69) is 4.90 Å². The van der Waals surface area contributed by atoms with Gasteiger partial charge in [0.1, 0.15) is 17.2 Å². The van der Waals surface area contributed by atoms with Crippen molar-refractivity contribution >= 4 is 12.0 Å². The third-order valence-corrected chi connectivity index (χ3v) is 5.06. The number of nitrogens with one attached hydrogen (secondary N) is 1. The highest BCUT2D eigenvalue weighted by Crippen LogP contribution is 2.30. The van der Waals surface area contributed by atoms with E-state index in [1.165, 1.54) is 12.8 Å². The summed E-state index contributed by atoms with van der Waals surface area (Å²) in [6, 6.07) is 3.49. The summed E-state index contributed by atoms with van der Waals surface area (Å²) in [5, 5.41) is 1.90. The number of nitrogens with zero attached hydrogens (tertiary/aromatic N) is 1. The maximum absolute atomic E-state index is 13.6. The van der Waals surface area contributed by atoms with Gasteiger partial charge in [0.05, 0.1) is 6.61 Å². The van der Waals surface area contributed by atoms with Crippen LogP contribution in [0.3, 0.4) is 0 Å². The summed E-state index contributed by atoms with van der Waals surface area (Å²) < 4.78 is 32.3. The molecular weight excluding hydrogens is 330 g/mol. The Morgan fingerprint density at radius 1 is 1.12 bits per heavy atom. The molecule has 0 radical (unpaired) electrons. The number of halogens is 2. The van der Waals surface area contributed by atoms with Crippen molar-refractivity contribution in [1.82, 2.24) is 10.2 Å². The van der Waals surface area contributed by atoms with E-state index in [-0.39, 0.29) is 12.5 Å². The Kier molecular flexibility index (Phi) is 5.63. The molecule has 2 aliphatic heterocycles. The van der Waals surface area contributed by atoms with Gasteiger partial charge in [0, 0.05) is 12.0 Å². The number of ether oxygens (including phenoxy) is 1. The molecule has 1 aromatic carbocycles. The van der Waals surface area contributed by atoms with E-state index in [0.29, 0.717) is 6.04 Å². The zero-order chi connectivity index (χ0) is 17.8. The molecule has 1 N–H and O–H groups in total. The van der Waals surface area contributed by atoms with Gasteiger partial charge in [-0.15, -0.1) is 0 Å². The average Bonchev–Trinajstić information content (AvgIpc) is 2.59. The van der Waals surface area contributed by atoms with Gasteiger partial charge in [-0.25, -0.2) is 13.6 Å². The summed E-state index contributed by atoms with van der Waals surface area (Å²) in [6.07, 6.45) is 4.54. The lowest BCUT2D eigenvalue weighted by Crippen LogP contribution is -2.49. The molecule has 2 amide bonds. The fraction of sp³-hybridized carbons (Fsp3) is 0.556. The van der Waals surface area contributed by atoms with Gasteiger partial charge in [-0.3, -0.25) is 15.0 Å². The quantitative estimate of drug-likeness (QED) is 0.908. The molecule has 0 aromatic heterocycles. The van der Waals surface area contributed by atoms with E-state index in [0.717, 1.165) is 50.6 Å². The van der Waals surface area contributed by atoms with Gasteiger partial charge < -0.3 is 4.74 Å². The average molecular weight is 352 g/mol. The number of alkyl carbamates (subject to hydrolysis) is 1. The minimum absolute atomic E-state index is 0.208. The first-order valence-electron chi connectivity index (χ1n) is 8.72. The predicted molar refractivity (Wildman–Crippen MR) is 87.1 cm³/mol. The fourth-order valence-corrected chi connectivity index (χ4v) is 3.86. The predicted octanol–water partition coefficient (Wildman–Crippen LogP) is 3.10. The summed E-state index contributed by atoms with van der Waals surface area (Å²) in [6.45, 7) is 2.37. The Morgan fingerprint density at radius 3 is 2.60 bits per heavy atom. The zero-order valence-electron chi connectivity index (χ0n) is 14.0. The monoisotopic (exact) mass is 352 g/mol. The summed E-state index contributed by atoms with van der Waals surface area (Å²) in [4.78, 5) is 26.2. The Morgan fingerprint density at radius 2 is 1.84 bits per heavy atom. The molecular formula is C18H22F2N2O3. The molecule has 5 nitrogen and oxygen atoms in total. The topological polar surface area (TPSA) is 58.6 Å². The van der Waals surface area contributed by atoms with Crippen LogP contribution >= 0.6 is 0 Å². The summed E-state index contributed by atoms with van der Waals surface area (Å²) in [5.74, 6) is -2.94. The van der Waals surface area contributed by atoms with Gasteiger partial charge in [-0.05, 0) is 50.9 Å². The minimum atomic E-state index is -1.14. The van der Waals surface area contributed by atoms with Crippen LogP contribution < -0.4 is 5.32 Å². The first-order chi connectivity index (χ1) is 12.1. The largest absolute Gasteiger partial charge is 0.449 e. The van der Waals surface area contributed by atoms with Crippen LogP contribution in [0, 0.1) is 17.6 Å². The number of benzene rings is 1. The molecule has 2 saturated heterocycles. The lowest BCUT2D eigenvalue weighted by Gasteiger charge is -2.44. The molecule has 25 heavy (non-hydrogen) atoms. The van der Waals surface area contributed by atoms with E-state index in [9.17, 15) is 18.4 Å². The minimum Gasteiger partial charge on any atom is -0.449 e. The van der Waals surface area contributed by atoms with E-state index in [1.807, 2.05) is 5.32 Å². The Balaban J connectivity index is 1.53. The Labute approximate surface area is 145 Å². The van der Waals surface area contributed by atoms with Crippen molar-refractivity contribution in [3.8, 4) is 0 Å². The van der Waals surface area contributed by atoms with Crippen LogP contribution in [-0.2, 0) is 4.74 Å². The van der Waals surface area contributed by atoms with Crippen molar-refractivity contribution in [2.75, 3.05) is 19.7 Å². The fourth-order valence-electron chi connectivity index (χ4n) is 3.86. The highest BCUT2D eigenvalue weighted by atomic mass is 19.1. The molecule has 2 aliphatic rings. The first kappa shape index (κ1) is 17.8. The molecule has 2 fully saturated rings. The Bertz CT molecular complexity index is 631. The second kappa shape index (κ2) is 7.91. The molecule has 1 aromatic rings. The van der Waals surface area contributed by atoms with Crippen molar-refractivity contribution < 1.29 is 23.1 Å². The lowest BCUT2D eigenvalue weighted by molar-refractivity contribution is 0.0234. The van der Waals surface area contributed by atoms with Crippen molar-refractivity contribution in [3.05, 3.63) is 35.4 Å². The number of hydrogen-bond acceptors (Lipinski definition) is 4. The lowest BCUT2D eigenvalue weighted by atomic mass is 9.84. The molecule has 0 spiro atoms. The number of fused-ring (bicyclic) bond motifs is 1. The summed E-state index contributed by atoms with van der Waals surface area (Å²) >= 11 is 0. The maximum atomic E-state index is 13.6. The number of amides is 2. The van der Waals surface area contributed by atoms with Crippen molar-refractivity contribution in [3.63, 3.8) is 0 Å². The standard InChI is InChI=1S/C18H22F2N2O3/c19-13-6-3-7-14(20)16(13)17(23)21-18(24)25-11-12-5-4-10-22-9-2-1-8-15(12)22/h3,6-7,12,15H,1-2,4-5,8-11H2,(H,21,23,24)/t12-,15-/m1/s1. The smallest absolute Gasteiger partial charge is 0.414 e. The maximum Gasteiger partial charge on any atom is 0.414 e. The number of carbonyl (C=O) groups excluding carboxylic acids is 2. The van der Waals surface area contributed by atoms with Gasteiger partial charge >= 0.3 is 6.09 Å². The molecule has 0 unspecified atom stereocenters. The zero-order valence-corrected chi connectivity index (χ0v) is 14.0. The van der Waals surface area contributed by atoms with Gasteiger partial charge in [0.25, 0.3) is 5.91 Å². The second-order valence-corrected chi connectivity index (χ2v) is 6.65. The molecule has 0 aliphatic carbocycles. The second-order valence-electron chi connectivity index (χ2n) is 6.65. The first-order valence-corrected chi connectivity index (χ1v) is 8.72. The molecule has 0 saturated carbocycles. The van der Waals surface area contributed by atoms with Gasteiger partial charge in [-0.1, -0.05) is 12.5 Å². The van der Waals surface area contributed by atoms with Crippen LogP contribution in [0.2, 0.25) is 0 Å². The van der Waals surface area contributed by atoms with Gasteiger partial charge in [-0.2, -0.15) is 0 Å². The molecule has 7 heteroatoms. The summed E-state index contributed by atoms with van der Waals surface area (Å²) in [5.41, 5.74) is -0.782. The van der Waals surface area contributed by atoms with Crippen molar-refractivity contribution in [2.24, 2.45) is 5.92 Å². The van der Waals surface area contributed by atoms with E-state index in [1.54, 1.807) is 0 Å². The van der Waals surface area contributed by atoms with E-state index < -0.39 is 29.2 Å². The summed E-state index contributed by atoms with van der Waals surface area (Å²) in [7, 11) is 0. The van der Waals surface area contributed by atoms with E-state index >= 15 is 0 Å². The van der Waals surface area contributed by atoms with Gasteiger partial charge in [0.2, 0.25) is 0 Å². The van der Waals surface area contributed by atoms with Crippen molar-refractivity contribution in [1.29, 1.82) is 0 Å². The van der Waals surface area contributed by atoms with Crippen LogP contribution in [0.4, 0.5) is 13.6 Å². The normalized spacial score (nSPS) is 23.6. The van der Waals surface area contributed by atoms with Crippen molar-refractivity contribution in [2.45, 2.75) is 38.1 Å². The number of piperidine rings is 2. The van der Waals surface area contributed by atoms with Crippen LogP contribution in [-0.4, -0.2) is 42.6 Å². The molecule has 2 atom stereocenters. The highest BCUT2D eigenvalue weighted by Gasteiger charge is 2.33.